The summed E-state index contributed by atoms with van der Waals surface area (Å²) < 4.78 is 9.14. The van der Waals surface area contributed by atoms with E-state index >= 15 is 0 Å². The molecule has 0 spiro atoms. The molecule has 0 radical (unpaired) electrons. The van der Waals surface area contributed by atoms with E-state index in [1.807, 2.05) is 0 Å². The van der Waals surface area contributed by atoms with E-state index < -0.39 is 11.9 Å². The SMILES string of the molecule is COC(=O)/C=C(/Nc1cccc(NC(=O)c2ccccn2)c1)C(=O)OC. The molecule has 2 N–H and O–H groups in total. The van der Waals surface area contributed by atoms with Gasteiger partial charge in [0.1, 0.15) is 11.4 Å². The fraction of sp³-hybridized carbons (Fsp3) is 0.111. The van der Waals surface area contributed by atoms with Gasteiger partial charge in [0.2, 0.25) is 0 Å². The third-order valence-electron chi connectivity index (χ3n) is 3.17. The highest BCUT2D eigenvalue weighted by Crippen LogP contribution is 2.18. The van der Waals surface area contributed by atoms with Gasteiger partial charge in [-0.3, -0.25) is 9.78 Å². The minimum atomic E-state index is -0.738. The predicted molar refractivity (Wildman–Crippen MR) is 94.4 cm³/mol. The highest BCUT2D eigenvalue weighted by atomic mass is 16.5. The van der Waals surface area contributed by atoms with Gasteiger partial charge < -0.3 is 20.1 Å². The van der Waals surface area contributed by atoms with Crippen molar-refractivity contribution in [3.8, 4) is 0 Å². The summed E-state index contributed by atoms with van der Waals surface area (Å²) in [6.45, 7) is 0. The number of carbonyl (C=O) groups excluding carboxylic acids is 3. The highest BCUT2D eigenvalue weighted by molar-refractivity contribution is 6.03. The monoisotopic (exact) mass is 355 g/mol. The average molecular weight is 355 g/mol. The third-order valence-corrected chi connectivity index (χ3v) is 3.17. The molecular formula is C18H17N3O5. The zero-order chi connectivity index (χ0) is 18.9. The predicted octanol–water partition coefficient (Wildman–Crippen LogP) is 1.98. The van der Waals surface area contributed by atoms with Crippen molar-refractivity contribution in [3.05, 3.63) is 66.1 Å². The maximum atomic E-state index is 12.1. The third kappa shape index (κ3) is 5.17. The maximum Gasteiger partial charge on any atom is 0.354 e. The first kappa shape index (κ1) is 18.7. The number of nitrogens with zero attached hydrogens (tertiary/aromatic N) is 1. The lowest BCUT2D eigenvalue weighted by atomic mass is 10.2. The van der Waals surface area contributed by atoms with Crippen molar-refractivity contribution < 1.29 is 23.9 Å². The molecular weight excluding hydrogens is 338 g/mol. The molecule has 0 atom stereocenters. The van der Waals surface area contributed by atoms with Crippen LogP contribution in [0.5, 0.6) is 0 Å². The van der Waals surface area contributed by atoms with Crippen molar-refractivity contribution in [2.75, 3.05) is 24.9 Å². The van der Waals surface area contributed by atoms with Gasteiger partial charge in [0.15, 0.2) is 0 Å². The van der Waals surface area contributed by atoms with Gasteiger partial charge in [-0.05, 0) is 30.3 Å². The Balaban J connectivity index is 2.17. The maximum absolute atomic E-state index is 12.1. The van der Waals surface area contributed by atoms with Gasteiger partial charge in [-0.15, -0.1) is 0 Å². The van der Waals surface area contributed by atoms with Gasteiger partial charge in [0.05, 0.1) is 20.3 Å². The van der Waals surface area contributed by atoms with E-state index in [4.69, 9.17) is 0 Å². The van der Waals surface area contributed by atoms with Crippen molar-refractivity contribution in [1.29, 1.82) is 0 Å². The summed E-state index contributed by atoms with van der Waals surface area (Å²) >= 11 is 0. The Morgan fingerprint density at radius 1 is 0.962 bits per heavy atom. The van der Waals surface area contributed by atoms with Crippen LogP contribution >= 0.6 is 0 Å². The fourth-order valence-corrected chi connectivity index (χ4v) is 1.96. The van der Waals surface area contributed by atoms with Gasteiger partial charge in [-0.2, -0.15) is 0 Å². The number of aromatic nitrogens is 1. The van der Waals surface area contributed by atoms with Crippen LogP contribution in [0.3, 0.4) is 0 Å². The molecule has 134 valence electrons. The molecule has 8 heteroatoms. The molecule has 1 heterocycles. The van der Waals surface area contributed by atoms with Crippen molar-refractivity contribution in [2.24, 2.45) is 0 Å². The number of benzene rings is 1. The lowest BCUT2D eigenvalue weighted by Gasteiger charge is -2.11. The van der Waals surface area contributed by atoms with Crippen molar-refractivity contribution >= 4 is 29.2 Å². The first-order chi connectivity index (χ1) is 12.5. The second-order valence-corrected chi connectivity index (χ2v) is 4.95. The Labute approximate surface area is 149 Å². The Hall–Kier alpha value is -3.68. The molecule has 0 fully saturated rings. The first-order valence-corrected chi connectivity index (χ1v) is 7.51. The zero-order valence-corrected chi connectivity index (χ0v) is 14.2. The summed E-state index contributed by atoms with van der Waals surface area (Å²) in [5, 5.41) is 5.47. The summed E-state index contributed by atoms with van der Waals surface area (Å²) in [7, 11) is 2.39. The number of pyridine rings is 1. The lowest BCUT2D eigenvalue weighted by Crippen LogP contribution is -2.16. The van der Waals surface area contributed by atoms with Crippen LogP contribution in [-0.2, 0) is 19.1 Å². The Kier molecular flexibility index (Phi) is 6.44. The minimum absolute atomic E-state index is 0.104. The van der Waals surface area contributed by atoms with E-state index in [1.54, 1.807) is 42.5 Å². The van der Waals surface area contributed by atoms with Crippen LogP contribution in [0.25, 0.3) is 0 Å². The van der Waals surface area contributed by atoms with Crippen molar-refractivity contribution in [2.45, 2.75) is 0 Å². The summed E-state index contributed by atoms with van der Waals surface area (Å²) in [6.07, 6.45) is 2.50. The largest absolute Gasteiger partial charge is 0.466 e. The van der Waals surface area contributed by atoms with Crippen LogP contribution < -0.4 is 10.6 Å². The van der Waals surface area contributed by atoms with Gasteiger partial charge >= 0.3 is 11.9 Å². The van der Waals surface area contributed by atoms with Crippen LogP contribution in [0.2, 0.25) is 0 Å². The molecule has 26 heavy (non-hydrogen) atoms. The molecule has 0 aliphatic rings. The number of amides is 1. The molecule has 0 saturated carbocycles. The van der Waals surface area contributed by atoms with E-state index in [-0.39, 0.29) is 17.3 Å². The molecule has 1 aromatic carbocycles. The number of ether oxygens (including phenoxy) is 2. The second-order valence-electron chi connectivity index (χ2n) is 4.95. The highest BCUT2D eigenvalue weighted by Gasteiger charge is 2.13. The molecule has 0 unspecified atom stereocenters. The standard InChI is InChI=1S/C18H17N3O5/c1-25-16(22)11-15(18(24)26-2)20-12-6-5-7-13(10-12)21-17(23)14-8-3-4-9-19-14/h3-11,20H,1-2H3,(H,21,23)/b15-11+. The topological polar surface area (TPSA) is 107 Å². The molecule has 1 amide bonds. The summed E-state index contributed by atoms with van der Waals surface area (Å²) in [5.41, 5.74) is 1.11. The summed E-state index contributed by atoms with van der Waals surface area (Å²) in [4.78, 5) is 39.3. The molecule has 2 rings (SSSR count). The van der Waals surface area contributed by atoms with Crippen LogP contribution in [0.15, 0.2) is 60.4 Å². The molecule has 1 aromatic heterocycles. The van der Waals surface area contributed by atoms with Crippen LogP contribution in [0, 0.1) is 0 Å². The molecule has 8 nitrogen and oxygen atoms in total. The number of nitrogens with one attached hydrogen (secondary N) is 2. The fourth-order valence-electron chi connectivity index (χ4n) is 1.96. The number of rotatable bonds is 6. The summed E-state index contributed by atoms with van der Waals surface area (Å²) in [5.74, 6) is -1.82. The van der Waals surface area contributed by atoms with E-state index in [2.05, 4.69) is 25.1 Å². The van der Waals surface area contributed by atoms with E-state index in [0.717, 1.165) is 6.08 Å². The lowest BCUT2D eigenvalue weighted by molar-refractivity contribution is -0.138. The summed E-state index contributed by atoms with van der Waals surface area (Å²) in [6, 6.07) is 11.6. The number of esters is 2. The molecule has 2 aromatic rings. The minimum Gasteiger partial charge on any atom is -0.466 e. The molecule has 0 aliphatic heterocycles. The Morgan fingerprint density at radius 2 is 1.69 bits per heavy atom. The quantitative estimate of drug-likeness (QED) is 0.603. The molecule has 0 bridgehead atoms. The number of anilines is 2. The molecule has 0 saturated heterocycles. The van der Waals surface area contributed by atoms with E-state index in [1.165, 1.54) is 20.4 Å². The zero-order valence-electron chi connectivity index (χ0n) is 14.2. The van der Waals surface area contributed by atoms with Crippen molar-refractivity contribution in [3.63, 3.8) is 0 Å². The second kappa shape index (κ2) is 8.97. The van der Waals surface area contributed by atoms with Crippen LogP contribution in [0.1, 0.15) is 10.5 Å². The average Bonchev–Trinajstić information content (AvgIpc) is 2.67. The van der Waals surface area contributed by atoms with Gasteiger partial charge in [-0.25, -0.2) is 9.59 Å². The first-order valence-electron chi connectivity index (χ1n) is 7.51. The normalized spacial score (nSPS) is 10.6. The van der Waals surface area contributed by atoms with Gasteiger partial charge in [-0.1, -0.05) is 12.1 Å². The van der Waals surface area contributed by atoms with Crippen molar-refractivity contribution in [1.82, 2.24) is 4.98 Å². The van der Waals surface area contributed by atoms with E-state index in [9.17, 15) is 14.4 Å². The Morgan fingerprint density at radius 3 is 2.31 bits per heavy atom. The number of hydrogen-bond acceptors (Lipinski definition) is 7. The van der Waals surface area contributed by atoms with Gasteiger partial charge in [0.25, 0.3) is 5.91 Å². The van der Waals surface area contributed by atoms with Crippen LogP contribution in [0.4, 0.5) is 11.4 Å². The molecule has 0 aliphatic carbocycles. The number of methoxy groups -OCH3 is 2. The van der Waals surface area contributed by atoms with Gasteiger partial charge in [0, 0.05) is 17.6 Å². The van der Waals surface area contributed by atoms with E-state index in [0.29, 0.717) is 11.4 Å². The number of carbonyl (C=O) groups is 3. The van der Waals surface area contributed by atoms with Crippen LogP contribution in [-0.4, -0.2) is 37.0 Å². The smallest absolute Gasteiger partial charge is 0.354 e. The number of hydrogen-bond donors (Lipinski definition) is 2. The Bertz CT molecular complexity index is 834.